The Hall–Kier alpha value is -8.58. The number of aromatic nitrogens is 4. The second-order valence-corrected chi connectivity index (χ2v) is 14.9. The Bertz CT molecular complexity index is 3380. The molecule has 6 heteroatoms. The number of benzene rings is 8. The van der Waals surface area contributed by atoms with Crippen LogP contribution in [0.5, 0.6) is 0 Å². The molecule has 0 saturated heterocycles. The van der Waals surface area contributed by atoms with Gasteiger partial charge in [-0.15, -0.1) is 0 Å². The zero-order chi connectivity index (χ0) is 40.2. The van der Waals surface area contributed by atoms with E-state index in [1.54, 1.807) is 0 Å². The molecule has 0 fully saturated rings. The third-order valence-corrected chi connectivity index (χ3v) is 11.4. The molecule has 0 saturated carbocycles. The zero-order valence-electron chi connectivity index (χ0n) is 32.2. The topological polar surface area (TPSA) is 83.2 Å². The molecule has 0 amide bonds. The summed E-state index contributed by atoms with van der Waals surface area (Å²) in [5.74, 6) is 0.648. The maximum absolute atomic E-state index is 9.92. The highest BCUT2D eigenvalue weighted by Crippen LogP contribution is 2.41. The Morgan fingerprint density at radius 2 is 0.900 bits per heavy atom. The normalized spacial score (nSPS) is 11.3. The fourth-order valence-corrected chi connectivity index (χ4v) is 8.62. The van der Waals surface area contributed by atoms with Gasteiger partial charge in [0.15, 0.2) is 5.82 Å². The van der Waals surface area contributed by atoms with Crippen molar-refractivity contribution in [3.05, 3.63) is 205 Å². The molecule has 0 N–H and O–H groups in total. The lowest BCUT2D eigenvalue weighted by Crippen LogP contribution is -2.00. The standard InChI is InChI=1S/C54H32N6/c55-33-35-22-25-52-45(28-35)46-29-36(34-56)23-26-53(46)60(52)51-27-24-40(48-32-47(37-12-3-1-4-13-37)57-54(58-48)38-14-5-2-6-15-38)31-44(51)39-16-11-17-41(30-39)59-49-20-9-7-18-42(49)43-19-8-10-21-50(43)59/h1-32H. The van der Waals surface area contributed by atoms with Crippen molar-refractivity contribution in [2.24, 2.45) is 0 Å². The van der Waals surface area contributed by atoms with Crippen LogP contribution in [0.4, 0.5) is 0 Å². The summed E-state index contributed by atoms with van der Waals surface area (Å²) in [6.45, 7) is 0. The third kappa shape index (κ3) is 5.71. The van der Waals surface area contributed by atoms with Gasteiger partial charge in [0.05, 0.1) is 62.4 Å². The molecule has 11 aromatic rings. The van der Waals surface area contributed by atoms with Crippen LogP contribution in [0.1, 0.15) is 11.1 Å². The first-order chi connectivity index (χ1) is 29.6. The molecule has 6 nitrogen and oxygen atoms in total. The summed E-state index contributed by atoms with van der Waals surface area (Å²) >= 11 is 0. The third-order valence-electron chi connectivity index (χ3n) is 11.4. The first kappa shape index (κ1) is 34.7. The molecule has 0 bridgehead atoms. The first-order valence-electron chi connectivity index (χ1n) is 19.8. The SMILES string of the molecule is N#Cc1ccc2c(c1)c1cc(C#N)ccc1n2-c1ccc(-c2cc(-c3ccccc3)nc(-c3ccccc3)n2)cc1-c1cccc(-n2c3ccccc3c3ccccc32)c1. The van der Waals surface area contributed by atoms with Crippen molar-refractivity contribution >= 4 is 43.6 Å². The van der Waals surface area contributed by atoms with Crippen molar-refractivity contribution in [1.29, 1.82) is 10.5 Å². The van der Waals surface area contributed by atoms with Crippen LogP contribution in [0.2, 0.25) is 0 Å². The summed E-state index contributed by atoms with van der Waals surface area (Å²) in [5, 5.41) is 24.1. The maximum Gasteiger partial charge on any atom is 0.160 e. The number of fused-ring (bicyclic) bond motifs is 6. The number of hydrogen-bond donors (Lipinski definition) is 0. The minimum atomic E-state index is 0.561. The zero-order valence-corrected chi connectivity index (χ0v) is 32.2. The van der Waals surface area contributed by atoms with Crippen LogP contribution in [0.25, 0.3) is 100 Å². The second-order valence-electron chi connectivity index (χ2n) is 14.9. The molecule has 0 aliphatic heterocycles. The van der Waals surface area contributed by atoms with Gasteiger partial charge < -0.3 is 9.13 Å². The highest BCUT2D eigenvalue weighted by atomic mass is 15.0. The lowest BCUT2D eigenvalue weighted by molar-refractivity contribution is 1.16. The monoisotopic (exact) mass is 764 g/mol. The molecule has 3 heterocycles. The van der Waals surface area contributed by atoms with Crippen molar-refractivity contribution < 1.29 is 0 Å². The summed E-state index contributed by atoms with van der Waals surface area (Å²) in [6.07, 6.45) is 0. The molecule has 0 unspecified atom stereocenters. The van der Waals surface area contributed by atoms with E-state index < -0.39 is 0 Å². The molecule has 60 heavy (non-hydrogen) atoms. The van der Waals surface area contributed by atoms with Crippen LogP contribution in [0, 0.1) is 22.7 Å². The molecular weight excluding hydrogens is 733 g/mol. The summed E-state index contributed by atoms with van der Waals surface area (Å²) < 4.78 is 4.59. The molecule has 0 radical (unpaired) electrons. The smallest absolute Gasteiger partial charge is 0.160 e. The van der Waals surface area contributed by atoms with Gasteiger partial charge in [-0.3, -0.25) is 0 Å². The summed E-state index contributed by atoms with van der Waals surface area (Å²) in [7, 11) is 0. The largest absolute Gasteiger partial charge is 0.309 e. The van der Waals surface area contributed by atoms with Gasteiger partial charge in [-0.1, -0.05) is 115 Å². The maximum atomic E-state index is 9.92. The van der Waals surface area contributed by atoms with E-state index in [-0.39, 0.29) is 0 Å². The molecule has 8 aromatic carbocycles. The minimum absolute atomic E-state index is 0.561. The van der Waals surface area contributed by atoms with Gasteiger partial charge in [-0.25, -0.2) is 9.97 Å². The van der Waals surface area contributed by atoms with Crippen LogP contribution >= 0.6 is 0 Å². The van der Waals surface area contributed by atoms with Crippen molar-refractivity contribution in [1.82, 2.24) is 19.1 Å². The number of rotatable bonds is 6. The highest BCUT2D eigenvalue weighted by molar-refractivity contribution is 6.11. The van der Waals surface area contributed by atoms with E-state index in [0.717, 1.165) is 83.4 Å². The Labute approximate surface area is 345 Å². The van der Waals surface area contributed by atoms with Crippen LogP contribution in [-0.4, -0.2) is 19.1 Å². The van der Waals surface area contributed by atoms with E-state index in [4.69, 9.17) is 9.97 Å². The van der Waals surface area contributed by atoms with Gasteiger partial charge >= 0.3 is 0 Å². The molecule has 0 atom stereocenters. The van der Waals surface area contributed by atoms with Gasteiger partial charge in [0.1, 0.15) is 0 Å². The van der Waals surface area contributed by atoms with Gasteiger partial charge in [0.25, 0.3) is 0 Å². The molecule has 0 aliphatic rings. The van der Waals surface area contributed by atoms with Crippen molar-refractivity contribution in [2.45, 2.75) is 0 Å². The van der Waals surface area contributed by atoms with E-state index >= 15 is 0 Å². The number of nitriles is 2. The molecule has 0 spiro atoms. The first-order valence-corrected chi connectivity index (χ1v) is 19.8. The van der Waals surface area contributed by atoms with Crippen LogP contribution in [-0.2, 0) is 0 Å². The Morgan fingerprint density at radius 1 is 0.367 bits per heavy atom. The predicted molar refractivity (Wildman–Crippen MR) is 242 cm³/mol. The van der Waals surface area contributed by atoms with E-state index in [9.17, 15) is 10.5 Å². The summed E-state index contributed by atoms with van der Waals surface area (Å²) in [4.78, 5) is 10.3. The van der Waals surface area contributed by atoms with Crippen LogP contribution in [0.3, 0.4) is 0 Å². The predicted octanol–water partition coefficient (Wildman–Crippen LogP) is 13.1. The Kier molecular flexibility index (Phi) is 8.15. The summed E-state index contributed by atoms with van der Waals surface area (Å²) in [5.41, 5.74) is 13.8. The lowest BCUT2D eigenvalue weighted by atomic mass is 9.97. The highest BCUT2D eigenvalue weighted by Gasteiger charge is 2.20. The Balaban J connectivity index is 1.19. The second kappa shape index (κ2) is 14.1. The van der Waals surface area contributed by atoms with Crippen LogP contribution in [0.15, 0.2) is 194 Å². The van der Waals surface area contributed by atoms with Gasteiger partial charge in [0, 0.05) is 49.5 Å². The molecule has 278 valence electrons. The van der Waals surface area contributed by atoms with E-state index in [2.05, 4.69) is 130 Å². The average Bonchev–Trinajstić information content (AvgIpc) is 3.84. The van der Waals surface area contributed by atoms with E-state index in [1.807, 2.05) is 84.9 Å². The van der Waals surface area contributed by atoms with Crippen molar-refractivity contribution in [2.75, 3.05) is 0 Å². The minimum Gasteiger partial charge on any atom is -0.309 e. The van der Waals surface area contributed by atoms with Crippen LogP contribution < -0.4 is 0 Å². The Morgan fingerprint density at radius 3 is 1.52 bits per heavy atom. The van der Waals surface area contributed by atoms with Gasteiger partial charge in [-0.05, 0) is 84.4 Å². The van der Waals surface area contributed by atoms with Crippen molar-refractivity contribution in [3.63, 3.8) is 0 Å². The molecule has 0 aliphatic carbocycles. The van der Waals surface area contributed by atoms with Crippen molar-refractivity contribution in [3.8, 4) is 68.5 Å². The molecular formula is C54H32N6. The quantitative estimate of drug-likeness (QED) is 0.169. The number of hydrogen-bond acceptors (Lipinski definition) is 4. The number of para-hydroxylation sites is 2. The summed E-state index contributed by atoms with van der Waals surface area (Å²) in [6, 6.07) is 71.0. The molecule has 11 rings (SSSR count). The average molecular weight is 765 g/mol. The van der Waals surface area contributed by atoms with Gasteiger partial charge in [0.2, 0.25) is 0 Å². The van der Waals surface area contributed by atoms with E-state index in [1.165, 1.54) is 10.8 Å². The lowest BCUT2D eigenvalue weighted by Gasteiger charge is -2.18. The number of nitrogens with zero attached hydrogens (tertiary/aromatic N) is 6. The fraction of sp³-hybridized carbons (Fsp3) is 0. The van der Waals surface area contributed by atoms with E-state index in [0.29, 0.717) is 17.0 Å². The molecule has 3 aromatic heterocycles. The fourth-order valence-electron chi connectivity index (χ4n) is 8.62. The van der Waals surface area contributed by atoms with Gasteiger partial charge in [-0.2, -0.15) is 10.5 Å².